The van der Waals surface area contributed by atoms with Gasteiger partial charge in [-0.3, -0.25) is 9.67 Å². The molecule has 8 heteroatoms. The Bertz CT molecular complexity index is 1450. The number of alkyl halides is 2. The van der Waals surface area contributed by atoms with Crippen molar-refractivity contribution in [3.05, 3.63) is 84.8 Å². The van der Waals surface area contributed by atoms with E-state index in [1.165, 1.54) is 0 Å². The van der Waals surface area contributed by atoms with Crippen molar-refractivity contribution in [1.29, 1.82) is 0 Å². The van der Waals surface area contributed by atoms with Crippen LogP contribution in [0.3, 0.4) is 0 Å². The van der Waals surface area contributed by atoms with Crippen molar-refractivity contribution in [3.8, 4) is 33.5 Å². The van der Waals surface area contributed by atoms with E-state index in [0.717, 1.165) is 45.8 Å². The Balaban J connectivity index is 1.72. The molecule has 0 amide bonds. The van der Waals surface area contributed by atoms with Gasteiger partial charge < -0.3 is 0 Å². The van der Waals surface area contributed by atoms with Gasteiger partial charge >= 0.3 is 0 Å². The maximum Gasteiger partial charge on any atom is 0.263 e. The molecule has 0 N–H and O–H groups in total. The average molecular weight is 431 g/mol. The standard InChI is InChI=1S/C24H16F3N5/c1-32-13-17(12-30-32)15-7-16(11-28-10-15)19-9-22(31-24-18(19)3-2-6-29-24)20-8-14(23(26)27)4-5-21(20)25/h2-13,23H,1H3. The predicted molar refractivity (Wildman–Crippen MR) is 115 cm³/mol. The summed E-state index contributed by atoms with van der Waals surface area (Å²) in [6, 6.07) is 10.5. The molecule has 4 heterocycles. The molecule has 5 nitrogen and oxygen atoms in total. The molecule has 0 bridgehead atoms. The lowest BCUT2D eigenvalue weighted by atomic mass is 9.98. The van der Waals surface area contributed by atoms with Crippen LogP contribution in [0.2, 0.25) is 0 Å². The van der Waals surface area contributed by atoms with Crippen molar-refractivity contribution >= 4 is 11.0 Å². The molecule has 0 fully saturated rings. The second-order valence-electron chi connectivity index (χ2n) is 7.33. The molecule has 5 aromatic rings. The Morgan fingerprint density at radius 2 is 1.75 bits per heavy atom. The third-order valence-corrected chi connectivity index (χ3v) is 5.19. The van der Waals surface area contributed by atoms with E-state index >= 15 is 0 Å². The predicted octanol–water partition coefficient (Wildman–Crippen LogP) is 5.84. The Hall–Kier alpha value is -4.07. The van der Waals surface area contributed by atoms with Gasteiger partial charge in [-0.15, -0.1) is 0 Å². The fourth-order valence-corrected chi connectivity index (χ4v) is 3.62. The number of aromatic nitrogens is 5. The Morgan fingerprint density at radius 1 is 0.906 bits per heavy atom. The number of fused-ring (bicyclic) bond motifs is 1. The maximum absolute atomic E-state index is 14.6. The number of aryl methyl sites for hydroxylation is 1. The molecular formula is C24H16F3N5. The zero-order valence-electron chi connectivity index (χ0n) is 16.9. The number of hydrogen-bond donors (Lipinski definition) is 0. The summed E-state index contributed by atoms with van der Waals surface area (Å²) in [6.07, 6.45) is 5.91. The van der Waals surface area contributed by atoms with Crippen LogP contribution in [0.1, 0.15) is 12.0 Å². The highest BCUT2D eigenvalue weighted by atomic mass is 19.3. The summed E-state index contributed by atoms with van der Waals surface area (Å²) in [6.45, 7) is 0. The highest BCUT2D eigenvalue weighted by Crippen LogP contribution is 2.34. The van der Waals surface area contributed by atoms with E-state index in [-0.39, 0.29) is 16.8 Å². The van der Waals surface area contributed by atoms with Gasteiger partial charge in [0.1, 0.15) is 5.82 Å². The summed E-state index contributed by atoms with van der Waals surface area (Å²) in [5.74, 6) is -0.634. The fraction of sp³-hybridized carbons (Fsp3) is 0.0833. The van der Waals surface area contributed by atoms with E-state index in [4.69, 9.17) is 0 Å². The van der Waals surface area contributed by atoms with Gasteiger partial charge in [-0.25, -0.2) is 23.1 Å². The minimum absolute atomic E-state index is 0.00650. The smallest absolute Gasteiger partial charge is 0.263 e. The summed E-state index contributed by atoms with van der Waals surface area (Å²) in [5, 5.41) is 4.94. The van der Waals surface area contributed by atoms with Gasteiger partial charge in [-0.1, -0.05) is 6.07 Å². The monoisotopic (exact) mass is 431 g/mol. The average Bonchev–Trinajstić information content (AvgIpc) is 3.25. The molecule has 0 aliphatic rings. The number of nitrogens with zero attached hydrogens (tertiary/aromatic N) is 5. The first-order chi connectivity index (χ1) is 15.5. The van der Waals surface area contributed by atoms with Crippen LogP contribution in [0.15, 0.2) is 73.4 Å². The number of hydrogen-bond acceptors (Lipinski definition) is 4. The van der Waals surface area contributed by atoms with Crippen molar-refractivity contribution in [3.63, 3.8) is 0 Å². The van der Waals surface area contributed by atoms with Crippen LogP contribution in [0.25, 0.3) is 44.5 Å². The first-order valence-corrected chi connectivity index (χ1v) is 9.78. The van der Waals surface area contributed by atoms with Crippen molar-refractivity contribution in [2.75, 3.05) is 0 Å². The van der Waals surface area contributed by atoms with Crippen LogP contribution in [0.4, 0.5) is 13.2 Å². The number of halogens is 3. The molecule has 158 valence electrons. The molecule has 0 saturated carbocycles. The van der Waals surface area contributed by atoms with Crippen LogP contribution in [0.5, 0.6) is 0 Å². The molecule has 0 aliphatic heterocycles. The normalized spacial score (nSPS) is 11.4. The maximum atomic E-state index is 14.6. The zero-order valence-corrected chi connectivity index (χ0v) is 16.9. The highest BCUT2D eigenvalue weighted by Gasteiger charge is 2.17. The summed E-state index contributed by atoms with van der Waals surface area (Å²) >= 11 is 0. The minimum Gasteiger partial charge on any atom is -0.275 e. The number of benzene rings is 1. The van der Waals surface area contributed by atoms with Gasteiger partial charge in [-0.2, -0.15) is 5.10 Å². The zero-order chi connectivity index (χ0) is 22.2. The van der Waals surface area contributed by atoms with E-state index in [0.29, 0.717) is 5.65 Å². The van der Waals surface area contributed by atoms with Gasteiger partial charge in [0.2, 0.25) is 0 Å². The van der Waals surface area contributed by atoms with E-state index in [1.807, 2.05) is 25.4 Å². The molecule has 0 saturated heterocycles. The molecule has 4 aromatic heterocycles. The van der Waals surface area contributed by atoms with Crippen LogP contribution in [-0.4, -0.2) is 24.7 Å². The second kappa shape index (κ2) is 7.88. The second-order valence-corrected chi connectivity index (χ2v) is 7.33. The Labute approximate surface area is 181 Å². The SMILES string of the molecule is Cn1cc(-c2cncc(-c3cc(-c4cc(C(F)F)ccc4F)nc4ncccc34)c2)cn1. The summed E-state index contributed by atoms with van der Waals surface area (Å²) in [4.78, 5) is 13.1. The van der Waals surface area contributed by atoms with Crippen LogP contribution in [-0.2, 0) is 7.05 Å². The number of pyridine rings is 3. The van der Waals surface area contributed by atoms with Crippen molar-refractivity contribution in [2.24, 2.45) is 7.05 Å². The third kappa shape index (κ3) is 3.60. The third-order valence-electron chi connectivity index (χ3n) is 5.19. The number of rotatable bonds is 4. The van der Waals surface area contributed by atoms with Crippen molar-refractivity contribution in [2.45, 2.75) is 6.43 Å². The van der Waals surface area contributed by atoms with Gasteiger partial charge in [0, 0.05) is 65.0 Å². The van der Waals surface area contributed by atoms with Gasteiger partial charge in [0.15, 0.2) is 5.65 Å². The first-order valence-electron chi connectivity index (χ1n) is 9.78. The molecule has 0 aliphatic carbocycles. The van der Waals surface area contributed by atoms with Gasteiger partial charge in [-0.05, 0) is 42.0 Å². The molecule has 0 unspecified atom stereocenters. The summed E-state index contributed by atoms with van der Waals surface area (Å²) in [7, 11) is 1.83. The molecule has 0 spiro atoms. The summed E-state index contributed by atoms with van der Waals surface area (Å²) in [5.41, 5.74) is 3.56. The van der Waals surface area contributed by atoms with Crippen LogP contribution >= 0.6 is 0 Å². The van der Waals surface area contributed by atoms with Crippen molar-refractivity contribution in [1.82, 2.24) is 24.7 Å². The van der Waals surface area contributed by atoms with E-state index in [2.05, 4.69) is 20.1 Å². The van der Waals surface area contributed by atoms with E-state index < -0.39 is 12.2 Å². The van der Waals surface area contributed by atoms with Crippen LogP contribution < -0.4 is 0 Å². The molecule has 0 atom stereocenters. The highest BCUT2D eigenvalue weighted by molar-refractivity contribution is 5.95. The first kappa shape index (κ1) is 19.9. The van der Waals surface area contributed by atoms with Gasteiger partial charge in [0.05, 0.1) is 11.9 Å². The van der Waals surface area contributed by atoms with E-state index in [9.17, 15) is 13.2 Å². The quantitative estimate of drug-likeness (QED) is 0.359. The molecular weight excluding hydrogens is 415 g/mol. The Kier molecular flexibility index (Phi) is 4.89. The van der Waals surface area contributed by atoms with Crippen molar-refractivity contribution < 1.29 is 13.2 Å². The topological polar surface area (TPSA) is 56.5 Å². The lowest BCUT2D eigenvalue weighted by Gasteiger charge is -2.12. The fourth-order valence-electron chi connectivity index (χ4n) is 3.62. The van der Waals surface area contributed by atoms with Gasteiger partial charge in [0.25, 0.3) is 6.43 Å². The Morgan fingerprint density at radius 3 is 2.53 bits per heavy atom. The largest absolute Gasteiger partial charge is 0.275 e. The molecule has 1 aromatic carbocycles. The summed E-state index contributed by atoms with van der Waals surface area (Å²) < 4.78 is 42.8. The lowest BCUT2D eigenvalue weighted by molar-refractivity contribution is 0.151. The molecule has 5 rings (SSSR count). The van der Waals surface area contributed by atoms with E-state index in [1.54, 1.807) is 41.6 Å². The molecule has 0 radical (unpaired) electrons. The lowest BCUT2D eigenvalue weighted by Crippen LogP contribution is -1.96. The van der Waals surface area contributed by atoms with Crippen LogP contribution in [0, 0.1) is 5.82 Å². The molecule has 32 heavy (non-hydrogen) atoms. The minimum atomic E-state index is -2.72.